The fourth-order valence-electron chi connectivity index (χ4n) is 4.53. The molecule has 1 aliphatic rings. The van der Waals surface area contributed by atoms with Gasteiger partial charge in [-0.1, -0.05) is 84.9 Å². The van der Waals surface area contributed by atoms with Crippen molar-refractivity contribution in [3.05, 3.63) is 126 Å². The zero-order valence-corrected chi connectivity index (χ0v) is 20.4. The lowest BCUT2D eigenvalue weighted by atomic mass is 9.97. The summed E-state index contributed by atoms with van der Waals surface area (Å²) in [5, 5.41) is 0. The standard InChI is InChI=1S/C31H28N2O3/c1-31(2)29(34)33(27-19-11-12-20-28(27)36-26-17-7-4-8-18-26)30(35)32(31)22-25-16-10-9-15-24(25)21-23-13-5-3-6-14-23/h3-20H,21-22H2,1-2H3. The first-order valence-electron chi connectivity index (χ1n) is 12.0. The van der Waals surface area contributed by atoms with Crippen LogP contribution in [0.5, 0.6) is 11.5 Å². The van der Waals surface area contributed by atoms with E-state index in [1.807, 2.05) is 72.8 Å². The molecule has 1 fully saturated rings. The first-order chi connectivity index (χ1) is 17.4. The van der Waals surface area contributed by atoms with Crippen LogP contribution < -0.4 is 9.64 Å². The summed E-state index contributed by atoms with van der Waals surface area (Å²) in [6, 6.07) is 34.5. The van der Waals surface area contributed by atoms with E-state index in [0.29, 0.717) is 23.7 Å². The fourth-order valence-corrected chi connectivity index (χ4v) is 4.53. The lowest BCUT2D eigenvalue weighted by molar-refractivity contribution is -0.123. The molecule has 3 amide bonds. The number of hydrogen-bond acceptors (Lipinski definition) is 3. The highest BCUT2D eigenvalue weighted by molar-refractivity contribution is 6.23. The normalized spacial score (nSPS) is 14.8. The highest BCUT2D eigenvalue weighted by Gasteiger charge is 2.52. The average molecular weight is 477 g/mol. The van der Waals surface area contributed by atoms with Crippen LogP contribution >= 0.6 is 0 Å². The molecule has 1 heterocycles. The molecular weight excluding hydrogens is 448 g/mol. The number of hydrogen-bond donors (Lipinski definition) is 0. The van der Waals surface area contributed by atoms with E-state index in [0.717, 1.165) is 17.5 Å². The van der Waals surface area contributed by atoms with Crippen molar-refractivity contribution in [3.8, 4) is 11.5 Å². The van der Waals surface area contributed by atoms with Crippen LogP contribution in [-0.2, 0) is 17.8 Å². The maximum atomic E-state index is 13.8. The summed E-state index contributed by atoms with van der Waals surface area (Å²) >= 11 is 0. The van der Waals surface area contributed by atoms with Gasteiger partial charge in [-0.2, -0.15) is 0 Å². The predicted molar refractivity (Wildman–Crippen MR) is 141 cm³/mol. The monoisotopic (exact) mass is 476 g/mol. The molecule has 4 aromatic rings. The van der Waals surface area contributed by atoms with E-state index in [1.54, 1.807) is 36.9 Å². The van der Waals surface area contributed by atoms with Crippen molar-refractivity contribution < 1.29 is 14.3 Å². The quantitative estimate of drug-likeness (QED) is 0.275. The molecule has 0 atom stereocenters. The van der Waals surface area contributed by atoms with Gasteiger partial charge < -0.3 is 9.64 Å². The number of amides is 3. The lowest BCUT2D eigenvalue weighted by Crippen LogP contribution is -2.43. The molecule has 0 unspecified atom stereocenters. The largest absolute Gasteiger partial charge is 0.455 e. The van der Waals surface area contributed by atoms with Gasteiger partial charge in [-0.3, -0.25) is 4.79 Å². The van der Waals surface area contributed by atoms with Gasteiger partial charge in [0.25, 0.3) is 5.91 Å². The Morgan fingerprint density at radius 1 is 0.694 bits per heavy atom. The molecule has 5 heteroatoms. The van der Waals surface area contributed by atoms with Gasteiger partial charge in [-0.05, 0) is 61.2 Å². The maximum absolute atomic E-state index is 13.8. The Morgan fingerprint density at radius 2 is 1.28 bits per heavy atom. The number of carbonyl (C=O) groups is 2. The molecule has 1 saturated heterocycles. The predicted octanol–water partition coefficient (Wildman–Crippen LogP) is 6.82. The number of para-hydroxylation sites is 3. The Kier molecular flexibility index (Phi) is 6.30. The Balaban J connectivity index is 1.45. The number of nitrogens with zero attached hydrogens (tertiary/aromatic N) is 2. The Bertz CT molecular complexity index is 1380. The topological polar surface area (TPSA) is 49.9 Å². The second-order valence-corrected chi connectivity index (χ2v) is 9.38. The molecule has 0 bridgehead atoms. The van der Waals surface area contributed by atoms with Crippen LogP contribution in [0.1, 0.15) is 30.5 Å². The maximum Gasteiger partial charge on any atom is 0.332 e. The van der Waals surface area contributed by atoms with Crippen LogP contribution in [0.25, 0.3) is 0 Å². The number of anilines is 1. The van der Waals surface area contributed by atoms with Crippen LogP contribution in [0.3, 0.4) is 0 Å². The summed E-state index contributed by atoms with van der Waals surface area (Å²) in [4.78, 5) is 30.3. The summed E-state index contributed by atoms with van der Waals surface area (Å²) in [5.41, 5.74) is 2.76. The number of carbonyl (C=O) groups excluding carboxylic acids is 2. The van der Waals surface area contributed by atoms with Gasteiger partial charge in [0.15, 0.2) is 5.75 Å². The van der Waals surface area contributed by atoms with Gasteiger partial charge >= 0.3 is 6.03 Å². The highest BCUT2D eigenvalue weighted by Crippen LogP contribution is 2.39. The van der Waals surface area contributed by atoms with Crippen LogP contribution in [-0.4, -0.2) is 22.4 Å². The van der Waals surface area contributed by atoms with Crippen LogP contribution in [0.4, 0.5) is 10.5 Å². The number of rotatable bonds is 7. The molecule has 0 saturated carbocycles. The van der Waals surface area contributed by atoms with E-state index in [-0.39, 0.29) is 11.9 Å². The van der Waals surface area contributed by atoms with Crippen molar-refractivity contribution in [2.75, 3.05) is 4.90 Å². The third-order valence-electron chi connectivity index (χ3n) is 6.58. The van der Waals surface area contributed by atoms with Gasteiger partial charge in [0.1, 0.15) is 11.3 Å². The van der Waals surface area contributed by atoms with Gasteiger partial charge in [0, 0.05) is 6.54 Å². The Morgan fingerprint density at radius 3 is 2.00 bits per heavy atom. The van der Waals surface area contributed by atoms with E-state index in [2.05, 4.69) is 18.2 Å². The molecule has 36 heavy (non-hydrogen) atoms. The van der Waals surface area contributed by atoms with Crippen LogP contribution in [0, 0.1) is 0 Å². The van der Waals surface area contributed by atoms with Gasteiger partial charge in [0.2, 0.25) is 0 Å². The first kappa shape index (κ1) is 23.4. The second kappa shape index (κ2) is 9.70. The fraction of sp³-hybridized carbons (Fsp3) is 0.161. The lowest BCUT2D eigenvalue weighted by Gasteiger charge is -2.28. The number of urea groups is 1. The van der Waals surface area contributed by atoms with Crippen molar-refractivity contribution in [1.82, 2.24) is 4.90 Å². The van der Waals surface area contributed by atoms with E-state index >= 15 is 0 Å². The molecule has 0 spiro atoms. The summed E-state index contributed by atoms with van der Waals surface area (Å²) in [7, 11) is 0. The van der Waals surface area contributed by atoms with Crippen molar-refractivity contribution in [3.63, 3.8) is 0 Å². The van der Waals surface area contributed by atoms with Gasteiger partial charge in [0.05, 0.1) is 5.69 Å². The molecule has 5 nitrogen and oxygen atoms in total. The first-order valence-corrected chi connectivity index (χ1v) is 12.0. The highest BCUT2D eigenvalue weighted by atomic mass is 16.5. The molecule has 1 aliphatic heterocycles. The zero-order valence-electron chi connectivity index (χ0n) is 20.4. The van der Waals surface area contributed by atoms with Gasteiger partial charge in [-0.25, -0.2) is 9.69 Å². The van der Waals surface area contributed by atoms with E-state index in [4.69, 9.17) is 4.74 Å². The van der Waals surface area contributed by atoms with Crippen LogP contribution in [0.2, 0.25) is 0 Å². The number of imide groups is 1. The Hall–Kier alpha value is -4.38. The minimum Gasteiger partial charge on any atom is -0.455 e. The molecule has 0 N–H and O–H groups in total. The smallest absolute Gasteiger partial charge is 0.332 e. The van der Waals surface area contributed by atoms with E-state index < -0.39 is 5.54 Å². The molecule has 0 aliphatic carbocycles. The van der Waals surface area contributed by atoms with Crippen molar-refractivity contribution >= 4 is 17.6 Å². The zero-order chi connectivity index (χ0) is 25.1. The molecule has 5 rings (SSSR count). The van der Waals surface area contributed by atoms with Crippen LogP contribution in [0.15, 0.2) is 109 Å². The third-order valence-corrected chi connectivity index (χ3v) is 6.58. The van der Waals surface area contributed by atoms with E-state index in [9.17, 15) is 9.59 Å². The minimum absolute atomic E-state index is 0.280. The van der Waals surface area contributed by atoms with Gasteiger partial charge in [-0.15, -0.1) is 0 Å². The van der Waals surface area contributed by atoms with Crippen molar-refractivity contribution in [2.45, 2.75) is 32.4 Å². The molecule has 0 radical (unpaired) electrons. The summed E-state index contributed by atoms with van der Waals surface area (Å²) in [6.45, 7) is 3.93. The summed E-state index contributed by atoms with van der Waals surface area (Å²) < 4.78 is 6.06. The summed E-state index contributed by atoms with van der Waals surface area (Å²) in [6.07, 6.45) is 0.755. The number of benzene rings is 4. The minimum atomic E-state index is -1.02. The molecule has 4 aromatic carbocycles. The molecular formula is C31H28N2O3. The third kappa shape index (κ3) is 4.48. The average Bonchev–Trinajstić information content (AvgIpc) is 3.06. The van der Waals surface area contributed by atoms with Crippen molar-refractivity contribution in [1.29, 1.82) is 0 Å². The number of ether oxygens (including phenoxy) is 1. The second-order valence-electron chi connectivity index (χ2n) is 9.38. The SMILES string of the molecule is CC1(C)C(=O)N(c2ccccc2Oc2ccccc2)C(=O)N1Cc1ccccc1Cc1ccccc1. The Labute approximate surface area is 211 Å². The summed E-state index contributed by atoms with van der Waals surface area (Å²) in [5.74, 6) is 0.805. The molecule has 0 aromatic heterocycles. The van der Waals surface area contributed by atoms with E-state index in [1.165, 1.54) is 10.5 Å². The van der Waals surface area contributed by atoms with Crippen molar-refractivity contribution in [2.24, 2.45) is 0 Å². The molecule has 180 valence electrons.